The first-order valence-electron chi connectivity index (χ1n) is 5.67. The summed E-state index contributed by atoms with van der Waals surface area (Å²) in [6.45, 7) is 3.90. The summed E-state index contributed by atoms with van der Waals surface area (Å²) in [4.78, 5) is 16.4. The summed E-state index contributed by atoms with van der Waals surface area (Å²) in [5.74, 6) is 0.365. The van der Waals surface area contributed by atoms with E-state index in [0.29, 0.717) is 11.4 Å². The Kier molecular flexibility index (Phi) is 4.37. The van der Waals surface area contributed by atoms with Crippen LogP contribution in [0.2, 0.25) is 0 Å². The van der Waals surface area contributed by atoms with Gasteiger partial charge in [-0.3, -0.25) is 4.79 Å². The van der Waals surface area contributed by atoms with Crippen LogP contribution in [0, 0.1) is 13.8 Å². The van der Waals surface area contributed by atoms with Crippen LogP contribution in [0.15, 0.2) is 39.4 Å². The van der Waals surface area contributed by atoms with E-state index in [1.807, 2.05) is 32.0 Å². The van der Waals surface area contributed by atoms with Gasteiger partial charge < -0.3 is 5.32 Å². The molecule has 0 saturated carbocycles. The van der Waals surface area contributed by atoms with Crippen LogP contribution < -0.4 is 5.32 Å². The summed E-state index contributed by atoms with van der Waals surface area (Å²) in [5, 5.41) is 2.79. The molecule has 2 aromatic rings. The number of anilines is 1. The minimum Gasteiger partial charge on any atom is -0.307 e. The van der Waals surface area contributed by atoms with Gasteiger partial charge in [0.2, 0.25) is 0 Å². The molecule has 0 saturated heterocycles. The second-order valence-electron chi connectivity index (χ2n) is 4.21. The number of carbonyl (C=O) groups excluding carboxylic acids is 1. The number of pyridine rings is 1. The molecule has 0 aliphatic carbocycles. The first-order valence-corrected chi connectivity index (χ1v) is 7.26. The topological polar surface area (TPSA) is 42.0 Å². The van der Waals surface area contributed by atoms with Gasteiger partial charge in [-0.15, -0.1) is 0 Å². The molecule has 1 heterocycles. The number of hydrogen-bond acceptors (Lipinski definition) is 2. The molecule has 0 unspecified atom stereocenters. The van der Waals surface area contributed by atoms with Gasteiger partial charge in [-0.25, -0.2) is 4.98 Å². The van der Waals surface area contributed by atoms with E-state index in [-0.39, 0.29) is 5.91 Å². The molecular formula is C14H12Br2N2O. The summed E-state index contributed by atoms with van der Waals surface area (Å²) in [6, 6.07) is 7.40. The van der Waals surface area contributed by atoms with E-state index in [1.54, 1.807) is 12.3 Å². The highest BCUT2D eigenvalue weighted by Crippen LogP contribution is 2.22. The molecule has 0 atom stereocenters. The predicted molar refractivity (Wildman–Crippen MR) is 83.5 cm³/mol. The van der Waals surface area contributed by atoms with Crippen LogP contribution in [-0.4, -0.2) is 10.9 Å². The van der Waals surface area contributed by atoms with Crippen molar-refractivity contribution in [1.82, 2.24) is 4.98 Å². The van der Waals surface area contributed by atoms with Crippen LogP contribution in [0.25, 0.3) is 0 Å². The van der Waals surface area contributed by atoms with Gasteiger partial charge in [-0.05, 0) is 69.0 Å². The third-order valence-corrected chi connectivity index (χ3v) is 4.61. The number of aryl methyl sites for hydroxylation is 2. The fourth-order valence-electron chi connectivity index (χ4n) is 1.61. The van der Waals surface area contributed by atoms with E-state index in [2.05, 4.69) is 42.2 Å². The van der Waals surface area contributed by atoms with E-state index in [1.165, 1.54) is 0 Å². The number of nitrogens with zero attached hydrogens (tertiary/aromatic N) is 1. The summed E-state index contributed by atoms with van der Waals surface area (Å²) in [5.41, 5.74) is 2.64. The van der Waals surface area contributed by atoms with Gasteiger partial charge in [0.15, 0.2) is 0 Å². The molecule has 1 N–H and O–H groups in total. The van der Waals surface area contributed by atoms with Crippen molar-refractivity contribution >= 4 is 43.6 Å². The Morgan fingerprint density at radius 2 is 1.95 bits per heavy atom. The van der Waals surface area contributed by atoms with E-state index >= 15 is 0 Å². The Morgan fingerprint density at radius 3 is 2.63 bits per heavy atom. The number of amides is 1. The third kappa shape index (κ3) is 3.22. The predicted octanol–water partition coefficient (Wildman–Crippen LogP) is 4.48. The van der Waals surface area contributed by atoms with Crippen LogP contribution in [-0.2, 0) is 0 Å². The van der Waals surface area contributed by atoms with E-state index in [9.17, 15) is 4.79 Å². The van der Waals surface area contributed by atoms with E-state index < -0.39 is 0 Å². The zero-order valence-corrected chi connectivity index (χ0v) is 13.7. The molecule has 0 radical (unpaired) electrons. The highest BCUT2D eigenvalue weighted by molar-refractivity contribution is 9.10. The molecule has 1 amide bonds. The van der Waals surface area contributed by atoms with Gasteiger partial charge in [0.05, 0.1) is 5.56 Å². The lowest BCUT2D eigenvalue weighted by atomic mass is 10.1. The van der Waals surface area contributed by atoms with E-state index in [0.717, 1.165) is 20.1 Å². The highest BCUT2D eigenvalue weighted by atomic mass is 79.9. The Hall–Kier alpha value is -1.20. The smallest absolute Gasteiger partial charge is 0.257 e. The third-order valence-electron chi connectivity index (χ3n) is 2.72. The van der Waals surface area contributed by atoms with Crippen molar-refractivity contribution in [2.24, 2.45) is 0 Å². The average molecular weight is 384 g/mol. The minimum atomic E-state index is -0.176. The zero-order chi connectivity index (χ0) is 14.0. The molecule has 0 aliphatic rings. The number of carbonyl (C=O) groups is 1. The Morgan fingerprint density at radius 1 is 1.21 bits per heavy atom. The maximum Gasteiger partial charge on any atom is 0.257 e. The number of aromatic nitrogens is 1. The number of halogens is 2. The Bertz CT molecular complexity index is 641. The normalized spacial score (nSPS) is 10.3. The monoisotopic (exact) mass is 382 g/mol. The molecule has 19 heavy (non-hydrogen) atoms. The first kappa shape index (κ1) is 14.2. The maximum atomic E-state index is 12.2. The van der Waals surface area contributed by atoms with Crippen LogP contribution in [0.3, 0.4) is 0 Å². The molecule has 0 aliphatic heterocycles. The lowest BCUT2D eigenvalue weighted by molar-refractivity contribution is 0.102. The van der Waals surface area contributed by atoms with Crippen molar-refractivity contribution in [2.75, 3.05) is 5.32 Å². The summed E-state index contributed by atoms with van der Waals surface area (Å²) in [7, 11) is 0. The largest absolute Gasteiger partial charge is 0.307 e. The number of benzene rings is 1. The molecule has 0 bridgehead atoms. The summed E-state index contributed by atoms with van der Waals surface area (Å²) in [6.07, 6.45) is 1.68. The molecule has 98 valence electrons. The lowest BCUT2D eigenvalue weighted by Crippen LogP contribution is -2.14. The lowest BCUT2D eigenvalue weighted by Gasteiger charge is -2.08. The van der Waals surface area contributed by atoms with Crippen molar-refractivity contribution < 1.29 is 4.79 Å². The van der Waals surface area contributed by atoms with Crippen molar-refractivity contribution in [1.29, 1.82) is 0 Å². The van der Waals surface area contributed by atoms with Gasteiger partial charge in [0, 0.05) is 15.1 Å². The van der Waals surface area contributed by atoms with Crippen LogP contribution in [0.4, 0.5) is 5.82 Å². The molecule has 3 nitrogen and oxygen atoms in total. The zero-order valence-electron chi connectivity index (χ0n) is 10.5. The molecule has 2 rings (SSSR count). The summed E-state index contributed by atoms with van der Waals surface area (Å²) >= 11 is 6.81. The van der Waals surface area contributed by atoms with Crippen molar-refractivity contribution in [3.8, 4) is 0 Å². The van der Waals surface area contributed by atoms with Crippen LogP contribution in [0.5, 0.6) is 0 Å². The van der Waals surface area contributed by atoms with Gasteiger partial charge in [-0.1, -0.05) is 12.1 Å². The fourth-order valence-corrected chi connectivity index (χ4v) is 2.28. The minimum absolute atomic E-state index is 0.176. The number of rotatable bonds is 2. The van der Waals surface area contributed by atoms with Gasteiger partial charge in [0.1, 0.15) is 5.82 Å². The first-order chi connectivity index (χ1) is 8.99. The molecule has 1 aromatic heterocycles. The second-order valence-corrected chi connectivity index (χ2v) is 5.86. The van der Waals surface area contributed by atoms with Crippen molar-refractivity contribution in [3.05, 3.63) is 56.1 Å². The quantitative estimate of drug-likeness (QED) is 0.830. The average Bonchev–Trinajstić information content (AvgIpc) is 2.37. The SMILES string of the molecule is Cc1cc(NC(=O)c2cccc(C)c2Br)ncc1Br. The molecule has 1 aromatic carbocycles. The summed E-state index contributed by atoms with van der Waals surface area (Å²) < 4.78 is 1.73. The Balaban J connectivity index is 2.26. The highest BCUT2D eigenvalue weighted by Gasteiger charge is 2.12. The van der Waals surface area contributed by atoms with Gasteiger partial charge in [-0.2, -0.15) is 0 Å². The molecular weight excluding hydrogens is 372 g/mol. The number of hydrogen-bond donors (Lipinski definition) is 1. The van der Waals surface area contributed by atoms with Crippen LogP contribution >= 0.6 is 31.9 Å². The molecule has 5 heteroatoms. The van der Waals surface area contributed by atoms with E-state index in [4.69, 9.17) is 0 Å². The molecule has 0 spiro atoms. The number of nitrogens with one attached hydrogen (secondary N) is 1. The molecule has 0 fully saturated rings. The van der Waals surface area contributed by atoms with Crippen molar-refractivity contribution in [2.45, 2.75) is 13.8 Å². The van der Waals surface area contributed by atoms with Gasteiger partial charge in [0.25, 0.3) is 5.91 Å². The standard InChI is InChI=1S/C14H12Br2N2O/c1-8-4-3-5-10(13(8)16)14(19)18-12-6-9(2)11(15)7-17-12/h3-7H,1-2H3,(H,17,18,19). The Labute approximate surface area is 128 Å². The fraction of sp³-hybridized carbons (Fsp3) is 0.143. The van der Waals surface area contributed by atoms with Crippen molar-refractivity contribution in [3.63, 3.8) is 0 Å². The van der Waals surface area contributed by atoms with Crippen LogP contribution in [0.1, 0.15) is 21.5 Å². The van der Waals surface area contributed by atoms with Gasteiger partial charge >= 0.3 is 0 Å². The maximum absolute atomic E-state index is 12.2. The second kappa shape index (κ2) is 5.84.